The highest BCUT2D eigenvalue weighted by Crippen LogP contribution is 2.06. The molecular formula is C7H12N2OS. The average molecular weight is 172 g/mol. The van der Waals surface area contributed by atoms with E-state index in [0.717, 1.165) is 10.7 Å². The number of hydrogen-bond donors (Lipinski definition) is 1. The van der Waals surface area contributed by atoms with E-state index in [1.165, 1.54) is 11.8 Å². The lowest BCUT2D eigenvalue weighted by molar-refractivity contribution is 0.280. The van der Waals surface area contributed by atoms with Crippen molar-refractivity contribution in [3.05, 3.63) is 18.0 Å². The van der Waals surface area contributed by atoms with Crippen molar-refractivity contribution in [2.75, 3.05) is 6.26 Å². The molecule has 0 aliphatic rings. The second kappa shape index (κ2) is 5.09. The Balaban J connectivity index is 0.000001000. The molecule has 0 amide bonds. The van der Waals surface area contributed by atoms with Gasteiger partial charge in [-0.05, 0) is 6.26 Å². The van der Waals surface area contributed by atoms with E-state index in [1.54, 1.807) is 12.4 Å². The van der Waals surface area contributed by atoms with Crippen LogP contribution in [0.4, 0.5) is 0 Å². The summed E-state index contributed by atoms with van der Waals surface area (Å²) < 4.78 is 0. The van der Waals surface area contributed by atoms with E-state index < -0.39 is 0 Å². The minimum absolute atomic E-state index is 0. The first-order valence-electron chi connectivity index (χ1n) is 2.82. The van der Waals surface area contributed by atoms with E-state index in [4.69, 9.17) is 5.11 Å². The molecule has 1 N–H and O–H groups in total. The van der Waals surface area contributed by atoms with Crippen molar-refractivity contribution in [3.8, 4) is 0 Å². The molecule has 0 saturated carbocycles. The lowest BCUT2D eigenvalue weighted by Crippen LogP contribution is -1.89. The Kier molecular flexibility index (Phi) is 4.81. The third-order valence-electron chi connectivity index (χ3n) is 1.05. The summed E-state index contributed by atoms with van der Waals surface area (Å²) in [6, 6.07) is 0. The summed E-state index contributed by atoms with van der Waals surface area (Å²) in [5, 5.41) is 9.35. The van der Waals surface area contributed by atoms with Crippen LogP contribution in [0.5, 0.6) is 0 Å². The van der Waals surface area contributed by atoms with Crippen LogP contribution < -0.4 is 0 Å². The molecule has 1 rings (SSSR count). The average Bonchev–Trinajstić information content (AvgIpc) is 2.05. The zero-order valence-electron chi connectivity index (χ0n) is 5.61. The van der Waals surface area contributed by atoms with Crippen molar-refractivity contribution in [1.82, 2.24) is 9.97 Å². The Morgan fingerprint density at radius 2 is 2.00 bits per heavy atom. The largest absolute Gasteiger partial charge is 0.392 e. The summed E-state index contributed by atoms with van der Waals surface area (Å²) in [6.07, 6.45) is 5.16. The fraction of sp³-hybridized carbons (Fsp3) is 0.429. The van der Waals surface area contributed by atoms with Gasteiger partial charge in [0.1, 0.15) is 0 Å². The summed E-state index contributed by atoms with van der Waals surface area (Å²) in [5.41, 5.74) is 0.748. The minimum atomic E-state index is 0. The zero-order chi connectivity index (χ0) is 7.40. The van der Waals surface area contributed by atoms with E-state index in [0.29, 0.717) is 0 Å². The normalized spacial score (nSPS) is 8.91. The van der Waals surface area contributed by atoms with Crippen LogP contribution in [-0.2, 0) is 6.61 Å². The second-order valence-corrected chi connectivity index (χ2v) is 2.51. The molecule has 62 valence electrons. The molecular weight excluding hydrogens is 160 g/mol. The number of rotatable bonds is 2. The Labute approximate surface area is 70.9 Å². The SMILES string of the molecule is C.CSc1ncc(CO)cn1. The Morgan fingerprint density at radius 3 is 2.36 bits per heavy atom. The van der Waals surface area contributed by atoms with Crippen LogP contribution >= 0.6 is 11.8 Å². The molecule has 0 radical (unpaired) electrons. The predicted molar refractivity (Wildman–Crippen MR) is 46.5 cm³/mol. The van der Waals surface area contributed by atoms with Gasteiger partial charge in [-0.3, -0.25) is 0 Å². The molecule has 0 aliphatic carbocycles. The maximum absolute atomic E-state index is 8.61. The molecule has 0 aliphatic heterocycles. The standard InChI is InChI=1S/C6H8N2OS.CH4/c1-10-6-7-2-5(4-9)3-8-6;/h2-3,9H,4H2,1H3;1H4. The summed E-state index contributed by atoms with van der Waals surface area (Å²) in [4.78, 5) is 7.92. The van der Waals surface area contributed by atoms with E-state index in [-0.39, 0.29) is 14.0 Å². The molecule has 0 saturated heterocycles. The van der Waals surface area contributed by atoms with Gasteiger partial charge in [0, 0.05) is 18.0 Å². The van der Waals surface area contributed by atoms with E-state index >= 15 is 0 Å². The number of thioether (sulfide) groups is 1. The monoisotopic (exact) mass is 172 g/mol. The number of hydrogen-bond acceptors (Lipinski definition) is 4. The molecule has 3 nitrogen and oxygen atoms in total. The van der Waals surface area contributed by atoms with E-state index in [2.05, 4.69) is 9.97 Å². The fourth-order valence-corrected chi connectivity index (χ4v) is 0.846. The number of aliphatic hydroxyl groups is 1. The lowest BCUT2D eigenvalue weighted by Gasteiger charge is -1.94. The first-order chi connectivity index (χ1) is 4.86. The molecule has 0 aromatic carbocycles. The highest BCUT2D eigenvalue weighted by atomic mass is 32.2. The first-order valence-corrected chi connectivity index (χ1v) is 4.05. The molecule has 0 atom stereocenters. The van der Waals surface area contributed by atoms with Crippen LogP contribution in [0.3, 0.4) is 0 Å². The van der Waals surface area contributed by atoms with Crippen LogP contribution in [0.2, 0.25) is 0 Å². The van der Waals surface area contributed by atoms with Crippen LogP contribution in [0.25, 0.3) is 0 Å². The molecule has 0 fully saturated rings. The number of aliphatic hydroxyl groups excluding tert-OH is 1. The maximum Gasteiger partial charge on any atom is 0.187 e. The van der Waals surface area contributed by atoms with Gasteiger partial charge in [0.25, 0.3) is 0 Å². The topological polar surface area (TPSA) is 46.0 Å². The van der Waals surface area contributed by atoms with Crippen molar-refractivity contribution >= 4 is 11.8 Å². The molecule has 11 heavy (non-hydrogen) atoms. The Morgan fingerprint density at radius 1 is 1.45 bits per heavy atom. The third kappa shape index (κ3) is 2.86. The Bertz CT molecular complexity index is 177. The van der Waals surface area contributed by atoms with Gasteiger partial charge < -0.3 is 5.11 Å². The highest BCUT2D eigenvalue weighted by molar-refractivity contribution is 7.98. The van der Waals surface area contributed by atoms with Gasteiger partial charge in [-0.15, -0.1) is 0 Å². The summed E-state index contributed by atoms with van der Waals surface area (Å²) in [5.74, 6) is 0. The Hall–Kier alpha value is -0.610. The molecule has 0 unspecified atom stereocenters. The number of nitrogens with zero attached hydrogens (tertiary/aromatic N) is 2. The van der Waals surface area contributed by atoms with Gasteiger partial charge in [-0.1, -0.05) is 19.2 Å². The van der Waals surface area contributed by atoms with Gasteiger partial charge in [0.15, 0.2) is 5.16 Å². The molecule has 0 spiro atoms. The number of aromatic nitrogens is 2. The van der Waals surface area contributed by atoms with E-state index in [1.807, 2.05) is 6.26 Å². The van der Waals surface area contributed by atoms with Crippen molar-refractivity contribution in [3.63, 3.8) is 0 Å². The van der Waals surface area contributed by atoms with Crippen LogP contribution in [0, 0.1) is 0 Å². The zero-order valence-corrected chi connectivity index (χ0v) is 6.43. The summed E-state index contributed by atoms with van der Waals surface area (Å²) >= 11 is 1.48. The maximum atomic E-state index is 8.61. The predicted octanol–water partition coefficient (Wildman–Crippen LogP) is 1.33. The van der Waals surface area contributed by atoms with Crippen molar-refractivity contribution in [2.24, 2.45) is 0 Å². The summed E-state index contributed by atoms with van der Waals surface area (Å²) in [7, 11) is 0. The lowest BCUT2D eigenvalue weighted by atomic mass is 10.4. The first kappa shape index (κ1) is 10.4. The van der Waals surface area contributed by atoms with Crippen molar-refractivity contribution in [1.29, 1.82) is 0 Å². The van der Waals surface area contributed by atoms with E-state index in [9.17, 15) is 0 Å². The molecule has 1 aromatic heterocycles. The van der Waals surface area contributed by atoms with Gasteiger partial charge in [-0.2, -0.15) is 0 Å². The molecule has 4 heteroatoms. The minimum Gasteiger partial charge on any atom is -0.392 e. The van der Waals surface area contributed by atoms with Crippen molar-refractivity contribution < 1.29 is 5.11 Å². The van der Waals surface area contributed by atoms with Crippen LogP contribution in [0.15, 0.2) is 17.6 Å². The van der Waals surface area contributed by atoms with Crippen molar-refractivity contribution in [2.45, 2.75) is 19.2 Å². The fourth-order valence-electron chi connectivity index (χ4n) is 0.530. The van der Waals surface area contributed by atoms with Gasteiger partial charge in [0.05, 0.1) is 6.61 Å². The smallest absolute Gasteiger partial charge is 0.187 e. The van der Waals surface area contributed by atoms with Crippen LogP contribution in [-0.4, -0.2) is 21.3 Å². The van der Waals surface area contributed by atoms with Crippen LogP contribution in [0.1, 0.15) is 13.0 Å². The summed E-state index contributed by atoms with van der Waals surface area (Å²) in [6.45, 7) is 0.00859. The molecule has 1 aromatic rings. The second-order valence-electron chi connectivity index (χ2n) is 1.74. The quantitative estimate of drug-likeness (QED) is 0.540. The molecule has 1 heterocycles. The molecule has 0 bridgehead atoms. The third-order valence-corrected chi connectivity index (χ3v) is 1.62. The van der Waals surface area contributed by atoms with Gasteiger partial charge in [-0.25, -0.2) is 9.97 Å². The van der Waals surface area contributed by atoms with Gasteiger partial charge in [0.2, 0.25) is 0 Å². The van der Waals surface area contributed by atoms with Gasteiger partial charge >= 0.3 is 0 Å². The highest BCUT2D eigenvalue weighted by Gasteiger charge is 1.92.